The summed E-state index contributed by atoms with van der Waals surface area (Å²) < 4.78 is 5.32. The Kier molecular flexibility index (Phi) is 5.75. The molecule has 1 fully saturated rings. The maximum atomic E-state index is 12.2. The van der Waals surface area contributed by atoms with Gasteiger partial charge in [0.15, 0.2) is 0 Å². The molecular weight excluding hydrogens is 268 g/mol. The summed E-state index contributed by atoms with van der Waals surface area (Å²) in [6, 6.07) is 9.54. The SMILES string of the molecule is CCCCOCC(=O)N1CCN(c2ccccc2)C(=O)C1. The van der Waals surface area contributed by atoms with Gasteiger partial charge in [-0.25, -0.2) is 0 Å². The van der Waals surface area contributed by atoms with E-state index >= 15 is 0 Å². The lowest BCUT2D eigenvalue weighted by Gasteiger charge is -2.34. The average molecular weight is 290 g/mol. The van der Waals surface area contributed by atoms with Crippen LogP contribution in [0.4, 0.5) is 5.69 Å². The van der Waals surface area contributed by atoms with Crippen LogP contribution in [0.2, 0.25) is 0 Å². The molecule has 1 heterocycles. The van der Waals surface area contributed by atoms with Gasteiger partial charge in [-0.2, -0.15) is 0 Å². The van der Waals surface area contributed by atoms with Crippen molar-refractivity contribution in [1.29, 1.82) is 0 Å². The number of piperazine rings is 1. The Morgan fingerprint density at radius 1 is 1.24 bits per heavy atom. The van der Waals surface area contributed by atoms with Crippen molar-refractivity contribution >= 4 is 17.5 Å². The quantitative estimate of drug-likeness (QED) is 0.749. The van der Waals surface area contributed by atoms with Crippen LogP contribution in [0.1, 0.15) is 19.8 Å². The number of benzene rings is 1. The van der Waals surface area contributed by atoms with E-state index in [1.54, 1.807) is 9.80 Å². The van der Waals surface area contributed by atoms with E-state index in [0.29, 0.717) is 19.7 Å². The van der Waals surface area contributed by atoms with Gasteiger partial charge in [0.05, 0.1) is 0 Å². The maximum absolute atomic E-state index is 12.2. The minimum atomic E-state index is -0.104. The number of para-hydroxylation sites is 1. The smallest absolute Gasteiger partial charge is 0.249 e. The zero-order valence-electron chi connectivity index (χ0n) is 12.5. The predicted molar refractivity (Wildman–Crippen MR) is 81.1 cm³/mol. The van der Waals surface area contributed by atoms with E-state index in [9.17, 15) is 9.59 Å². The number of nitrogens with zero attached hydrogens (tertiary/aromatic N) is 2. The Morgan fingerprint density at radius 3 is 2.67 bits per heavy atom. The first kappa shape index (κ1) is 15.5. The number of ether oxygens (including phenoxy) is 1. The van der Waals surface area contributed by atoms with E-state index in [1.165, 1.54) is 0 Å². The Bertz CT molecular complexity index is 476. The number of unbranched alkanes of at least 4 members (excludes halogenated alkanes) is 1. The highest BCUT2D eigenvalue weighted by Gasteiger charge is 2.27. The van der Waals surface area contributed by atoms with Gasteiger partial charge in [-0.1, -0.05) is 31.5 Å². The molecule has 0 spiro atoms. The standard InChI is InChI=1S/C16H22N2O3/c1-2-3-11-21-13-16(20)17-9-10-18(15(19)12-17)14-7-5-4-6-8-14/h4-8H,2-3,9-13H2,1H3. The Hall–Kier alpha value is -1.88. The lowest BCUT2D eigenvalue weighted by atomic mass is 10.2. The van der Waals surface area contributed by atoms with E-state index in [-0.39, 0.29) is 25.0 Å². The van der Waals surface area contributed by atoms with Crippen LogP contribution in [0.5, 0.6) is 0 Å². The van der Waals surface area contributed by atoms with Gasteiger partial charge in [-0.05, 0) is 18.6 Å². The van der Waals surface area contributed by atoms with Crippen LogP contribution in [0.25, 0.3) is 0 Å². The molecule has 0 radical (unpaired) electrons. The number of amides is 2. The van der Waals surface area contributed by atoms with Crippen LogP contribution in [0.3, 0.4) is 0 Å². The Morgan fingerprint density at radius 2 is 2.00 bits per heavy atom. The molecule has 0 N–H and O–H groups in total. The summed E-state index contributed by atoms with van der Waals surface area (Å²) >= 11 is 0. The van der Waals surface area contributed by atoms with E-state index in [1.807, 2.05) is 30.3 Å². The summed E-state index contributed by atoms with van der Waals surface area (Å²) in [5.41, 5.74) is 0.883. The summed E-state index contributed by atoms with van der Waals surface area (Å²) in [7, 11) is 0. The highest BCUT2D eigenvalue weighted by atomic mass is 16.5. The van der Waals surface area contributed by atoms with Gasteiger partial charge in [-0.15, -0.1) is 0 Å². The minimum Gasteiger partial charge on any atom is -0.372 e. The lowest BCUT2D eigenvalue weighted by Crippen LogP contribution is -2.53. The predicted octanol–water partition coefficient (Wildman–Crippen LogP) is 1.68. The van der Waals surface area contributed by atoms with Gasteiger partial charge in [-0.3, -0.25) is 9.59 Å². The third-order valence-corrected chi connectivity index (χ3v) is 3.51. The van der Waals surface area contributed by atoms with E-state index in [0.717, 1.165) is 18.5 Å². The van der Waals surface area contributed by atoms with Crippen molar-refractivity contribution in [1.82, 2.24) is 4.90 Å². The van der Waals surface area contributed by atoms with Crippen molar-refractivity contribution in [2.75, 3.05) is 37.7 Å². The zero-order chi connectivity index (χ0) is 15.1. The molecule has 1 aromatic carbocycles. The molecule has 1 aliphatic heterocycles. The van der Waals surface area contributed by atoms with Crippen LogP contribution in [0, 0.1) is 0 Å². The monoisotopic (exact) mass is 290 g/mol. The number of carbonyl (C=O) groups excluding carboxylic acids is 2. The first-order chi connectivity index (χ1) is 10.2. The maximum Gasteiger partial charge on any atom is 0.249 e. The molecule has 1 saturated heterocycles. The third-order valence-electron chi connectivity index (χ3n) is 3.51. The average Bonchev–Trinajstić information content (AvgIpc) is 2.52. The fourth-order valence-electron chi connectivity index (χ4n) is 2.26. The summed E-state index contributed by atoms with van der Waals surface area (Å²) in [5, 5.41) is 0. The first-order valence-electron chi connectivity index (χ1n) is 7.43. The summed E-state index contributed by atoms with van der Waals surface area (Å²) in [6.45, 7) is 3.95. The lowest BCUT2D eigenvalue weighted by molar-refractivity contribution is -0.140. The molecule has 21 heavy (non-hydrogen) atoms. The fraction of sp³-hybridized carbons (Fsp3) is 0.500. The van der Waals surface area contributed by atoms with Crippen LogP contribution in [0.15, 0.2) is 30.3 Å². The molecule has 0 unspecified atom stereocenters. The molecule has 114 valence electrons. The van der Waals surface area contributed by atoms with Crippen molar-refractivity contribution in [3.63, 3.8) is 0 Å². The molecule has 2 rings (SSSR count). The highest BCUT2D eigenvalue weighted by Crippen LogP contribution is 2.16. The molecule has 1 aromatic rings. The number of anilines is 1. The van der Waals surface area contributed by atoms with E-state index in [2.05, 4.69) is 6.92 Å². The minimum absolute atomic E-state index is 0.0469. The molecule has 5 heteroatoms. The summed E-state index contributed by atoms with van der Waals surface area (Å²) in [4.78, 5) is 27.5. The second-order valence-corrected chi connectivity index (χ2v) is 5.10. The van der Waals surface area contributed by atoms with Gasteiger partial charge in [0, 0.05) is 25.4 Å². The van der Waals surface area contributed by atoms with Gasteiger partial charge >= 0.3 is 0 Å². The summed E-state index contributed by atoms with van der Waals surface area (Å²) in [5.74, 6) is -0.151. The highest BCUT2D eigenvalue weighted by molar-refractivity contribution is 5.98. The van der Waals surface area contributed by atoms with Gasteiger partial charge in [0.2, 0.25) is 11.8 Å². The second kappa shape index (κ2) is 7.78. The Balaban J connectivity index is 1.83. The number of rotatable bonds is 6. The van der Waals surface area contributed by atoms with Crippen LogP contribution < -0.4 is 4.90 Å². The molecule has 1 aliphatic rings. The molecular formula is C16H22N2O3. The van der Waals surface area contributed by atoms with Crippen LogP contribution in [-0.4, -0.2) is 49.6 Å². The molecule has 0 saturated carbocycles. The zero-order valence-corrected chi connectivity index (χ0v) is 12.5. The number of carbonyl (C=O) groups is 2. The van der Waals surface area contributed by atoms with Crippen LogP contribution >= 0.6 is 0 Å². The topological polar surface area (TPSA) is 49.9 Å². The van der Waals surface area contributed by atoms with Gasteiger partial charge in [0.1, 0.15) is 13.2 Å². The van der Waals surface area contributed by atoms with E-state index in [4.69, 9.17) is 4.74 Å². The second-order valence-electron chi connectivity index (χ2n) is 5.10. The fourth-order valence-corrected chi connectivity index (χ4v) is 2.26. The summed E-state index contributed by atoms with van der Waals surface area (Å²) in [6.07, 6.45) is 2.00. The first-order valence-corrected chi connectivity index (χ1v) is 7.43. The number of hydrogen-bond acceptors (Lipinski definition) is 3. The molecule has 2 amide bonds. The van der Waals surface area contributed by atoms with Crippen molar-refractivity contribution in [2.45, 2.75) is 19.8 Å². The van der Waals surface area contributed by atoms with E-state index < -0.39 is 0 Å². The molecule has 5 nitrogen and oxygen atoms in total. The Labute approximate surface area is 125 Å². The third kappa shape index (κ3) is 4.29. The van der Waals surface area contributed by atoms with Crippen LogP contribution in [-0.2, 0) is 14.3 Å². The molecule has 0 atom stereocenters. The van der Waals surface area contributed by atoms with Gasteiger partial charge in [0.25, 0.3) is 0 Å². The van der Waals surface area contributed by atoms with Crippen molar-refractivity contribution in [3.8, 4) is 0 Å². The van der Waals surface area contributed by atoms with Gasteiger partial charge < -0.3 is 14.5 Å². The van der Waals surface area contributed by atoms with Crippen molar-refractivity contribution in [2.24, 2.45) is 0 Å². The van der Waals surface area contributed by atoms with Crippen molar-refractivity contribution in [3.05, 3.63) is 30.3 Å². The normalized spacial score (nSPS) is 15.4. The molecule has 0 aliphatic carbocycles. The molecule has 0 bridgehead atoms. The molecule has 0 aromatic heterocycles. The number of hydrogen-bond donors (Lipinski definition) is 0. The van der Waals surface area contributed by atoms with Crippen molar-refractivity contribution < 1.29 is 14.3 Å². The largest absolute Gasteiger partial charge is 0.372 e.